The lowest BCUT2D eigenvalue weighted by molar-refractivity contribution is -0.147. The first-order chi connectivity index (χ1) is 9.86. The molecular weight excluding hydrogens is 311 g/mol. The van der Waals surface area contributed by atoms with Gasteiger partial charge >= 0.3 is 12.1 Å². The van der Waals surface area contributed by atoms with Gasteiger partial charge in [0.1, 0.15) is 4.88 Å². The minimum Gasteiger partial charge on any atom is -0.477 e. The van der Waals surface area contributed by atoms with E-state index in [0.717, 1.165) is 15.9 Å². The van der Waals surface area contributed by atoms with Crippen LogP contribution in [0.1, 0.15) is 21.3 Å². The number of nitrogens with zero attached hydrogens (tertiary/aromatic N) is 5. The predicted octanol–water partition coefficient (Wildman–Crippen LogP) is 1.47. The van der Waals surface area contributed by atoms with E-state index in [0.29, 0.717) is 5.13 Å². The van der Waals surface area contributed by atoms with Crippen molar-refractivity contribution < 1.29 is 23.1 Å². The van der Waals surface area contributed by atoms with Gasteiger partial charge in [-0.25, -0.2) is 9.78 Å². The molecule has 0 atom stereocenters. The number of carbonyl (C=O) groups is 1. The van der Waals surface area contributed by atoms with Gasteiger partial charge in [0.05, 0.1) is 12.7 Å². The number of carboxylic acid groups (broad SMARTS) is 1. The Kier molecular flexibility index (Phi) is 3.08. The van der Waals surface area contributed by atoms with E-state index in [1.165, 1.54) is 6.20 Å². The van der Waals surface area contributed by atoms with Crippen LogP contribution in [0.25, 0.3) is 0 Å². The van der Waals surface area contributed by atoms with Crippen molar-refractivity contribution in [2.75, 3.05) is 11.4 Å². The normalized spacial score (nSPS) is 15.1. The molecule has 0 amide bonds. The highest BCUT2D eigenvalue weighted by atomic mass is 32.1. The lowest BCUT2D eigenvalue weighted by atomic mass is 10.3. The molecule has 0 aliphatic carbocycles. The number of rotatable bonds is 2. The predicted molar refractivity (Wildman–Crippen MR) is 65.1 cm³/mol. The lowest BCUT2D eigenvalue weighted by Gasteiger charge is -2.27. The molecule has 11 heteroatoms. The van der Waals surface area contributed by atoms with Crippen molar-refractivity contribution in [2.45, 2.75) is 19.3 Å². The maximum Gasteiger partial charge on any atom is 0.451 e. The SMILES string of the molecule is O=C(O)c1cnc(N2CCn3c(nnc3C(F)(F)F)C2)s1. The molecule has 0 fully saturated rings. The lowest BCUT2D eigenvalue weighted by Crippen LogP contribution is -2.35. The van der Waals surface area contributed by atoms with Gasteiger partial charge in [-0.3, -0.25) is 0 Å². The number of anilines is 1. The van der Waals surface area contributed by atoms with Crippen molar-refractivity contribution >= 4 is 22.4 Å². The van der Waals surface area contributed by atoms with Gasteiger partial charge in [0.15, 0.2) is 11.0 Å². The number of fused-ring (bicyclic) bond motifs is 1. The summed E-state index contributed by atoms with van der Waals surface area (Å²) in [6.07, 6.45) is -3.31. The van der Waals surface area contributed by atoms with Gasteiger partial charge in [0, 0.05) is 13.1 Å². The number of thiazole rings is 1. The van der Waals surface area contributed by atoms with Crippen molar-refractivity contribution in [1.29, 1.82) is 0 Å². The monoisotopic (exact) mass is 319 g/mol. The smallest absolute Gasteiger partial charge is 0.451 e. The fraction of sp³-hybridized carbons (Fsp3) is 0.400. The summed E-state index contributed by atoms with van der Waals surface area (Å²) >= 11 is 0.970. The van der Waals surface area contributed by atoms with E-state index in [9.17, 15) is 18.0 Å². The molecule has 0 radical (unpaired) electrons. The Bertz CT molecular complexity index is 695. The van der Waals surface area contributed by atoms with E-state index >= 15 is 0 Å². The van der Waals surface area contributed by atoms with Gasteiger partial charge in [-0.05, 0) is 0 Å². The molecule has 0 aromatic carbocycles. The number of alkyl halides is 3. The Hall–Kier alpha value is -2.17. The van der Waals surface area contributed by atoms with Gasteiger partial charge in [-0.15, -0.1) is 10.2 Å². The fourth-order valence-electron chi connectivity index (χ4n) is 2.04. The number of aromatic carboxylic acids is 1. The highest BCUT2D eigenvalue weighted by molar-refractivity contribution is 7.17. The summed E-state index contributed by atoms with van der Waals surface area (Å²) in [4.78, 5) is 16.5. The van der Waals surface area contributed by atoms with E-state index < -0.39 is 18.0 Å². The van der Waals surface area contributed by atoms with Crippen LogP contribution < -0.4 is 4.90 Å². The maximum atomic E-state index is 12.7. The molecule has 0 spiro atoms. The third-order valence-corrected chi connectivity index (χ3v) is 4.03. The molecule has 1 aliphatic heterocycles. The van der Waals surface area contributed by atoms with Crippen LogP contribution in [0.15, 0.2) is 6.20 Å². The van der Waals surface area contributed by atoms with E-state index in [4.69, 9.17) is 5.11 Å². The van der Waals surface area contributed by atoms with Crippen molar-refractivity contribution in [3.05, 3.63) is 22.7 Å². The van der Waals surface area contributed by atoms with Crippen LogP contribution in [-0.2, 0) is 19.3 Å². The van der Waals surface area contributed by atoms with Crippen LogP contribution in [0.4, 0.5) is 18.3 Å². The average molecular weight is 319 g/mol. The Morgan fingerprint density at radius 2 is 2.10 bits per heavy atom. The van der Waals surface area contributed by atoms with Crippen LogP contribution in [0.2, 0.25) is 0 Å². The second-order valence-electron chi connectivity index (χ2n) is 4.32. The highest BCUT2D eigenvalue weighted by Gasteiger charge is 2.39. The molecule has 2 aromatic rings. The van der Waals surface area contributed by atoms with Gasteiger partial charge < -0.3 is 14.6 Å². The second-order valence-corrected chi connectivity index (χ2v) is 5.33. The summed E-state index contributed by atoms with van der Waals surface area (Å²) in [7, 11) is 0. The summed E-state index contributed by atoms with van der Waals surface area (Å²) < 4.78 is 39.2. The van der Waals surface area contributed by atoms with Gasteiger partial charge in [-0.2, -0.15) is 13.2 Å². The van der Waals surface area contributed by atoms with Crippen LogP contribution in [0.5, 0.6) is 0 Å². The number of hydrogen-bond donors (Lipinski definition) is 1. The fourth-order valence-corrected chi connectivity index (χ4v) is 2.82. The van der Waals surface area contributed by atoms with E-state index in [1.807, 2.05) is 0 Å². The molecule has 112 valence electrons. The Morgan fingerprint density at radius 1 is 1.33 bits per heavy atom. The first-order valence-corrected chi connectivity index (χ1v) is 6.61. The molecule has 0 unspecified atom stereocenters. The molecule has 21 heavy (non-hydrogen) atoms. The van der Waals surface area contributed by atoms with Crippen LogP contribution in [-0.4, -0.2) is 37.4 Å². The Morgan fingerprint density at radius 3 is 2.71 bits per heavy atom. The zero-order valence-corrected chi connectivity index (χ0v) is 11.1. The molecule has 1 aliphatic rings. The Labute approximate surface area is 119 Å². The summed E-state index contributed by atoms with van der Waals surface area (Å²) in [5.74, 6) is -1.92. The summed E-state index contributed by atoms with van der Waals surface area (Å²) in [5.41, 5.74) is 0. The molecule has 1 N–H and O–H groups in total. The molecule has 0 saturated carbocycles. The second kappa shape index (κ2) is 4.69. The first-order valence-electron chi connectivity index (χ1n) is 5.79. The van der Waals surface area contributed by atoms with Crippen LogP contribution in [0, 0.1) is 0 Å². The molecular formula is C10H8F3N5O2S. The van der Waals surface area contributed by atoms with Gasteiger partial charge in [-0.1, -0.05) is 11.3 Å². The summed E-state index contributed by atoms with van der Waals surface area (Å²) in [6.45, 7) is 0.454. The topological polar surface area (TPSA) is 84.1 Å². The van der Waals surface area contributed by atoms with Crippen molar-refractivity contribution in [2.24, 2.45) is 0 Å². The number of halogens is 3. The van der Waals surface area contributed by atoms with Crippen molar-refractivity contribution in [1.82, 2.24) is 19.7 Å². The standard InChI is InChI=1S/C10H8F3N5O2S/c11-10(12,13)8-16-15-6-4-17(1-2-18(6)8)9-14-3-5(21-9)7(19)20/h3H,1-2,4H2,(H,19,20). The molecule has 3 rings (SSSR count). The third kappa shape index (κ3) is 2.44. The van der Waals surface area contributed by atoms with E-state index in [1.54, 1.807) is 4.90 Å². The van der Waals surface area contributed by atoms with Crippen molar-refractivity contribution in [3.63, 3.8) is 0 Å². The van der Waals surface area contributed by atoms with Crippen molar-refractivity contribution in [3.8, 4) is 0 Å². The summed E-state index contributed by atoms with van der Waals surface area (Å²) in [5, 5.41) is 16.0. The molecule has 0 saturated heterocycles. The molecule has 0 bridgehead atoms. The number of hydrogen-bond acceptors (Lipinski definition) is 6. The zero-order valence-electron chi connectivity index (χ0n) is 10.3. The quantitative estimate of drug-likeness (QED) is 0.902. The van der Waals surface area contributed by atoms with Gasteiger partial charge in [0.25, 0.3) is 0 Å². The largest absolute Gasteiger partial charge is 0.477 e. The molecule has 2 aromatic heterocycles. The average Bonchev–Trinajstić information content (AvgIpc) is 3.04. The van der Waals surface area contributed by atoms with E-state index in [-0.39, 0.29) is 30.3 Å². The summed E-state index contributed by atoms with van der Waals surface area (Å²) in [6, 6.07) is 0. The Balaban J connectivity index is 1.85. The minimum atomic E-state index is -4.54. The number of aromatic nitrogens is 4. The number of carboxylic acids is 1. The van der Waals surface area contributed by atoms with Crippen LogP contribution >= 0.6 is 11.3 Å². The minimum absolute atomic E-state index is 0.0686. The third-order valence-electron chi connectivity index (χ3n) is 2.98. The molecule has 3 heterocycles. The maximum absolute atomic E-state index is 12.7. The zero-order chi connectivity index (χ0) is 15.2. The first kappa shape index (κ1) is 13.8. The highest BCUT2D eigenvalue weighted by Crippen LogP contribution is 2.31. The van der Waals surface area contributed by atoms with E-state index in [2.05, 4.69) is 15.2 Å². The molecule has 7 nitrogen and oxygen atoms in total. The van der Waals surface area contributed by atoms with Crippen LogP contribution in [0.3, 0.4) is 0 Å². The van der Waals surface area contributed by atoms with Gasteiger partial charge in [0.2, 0.25) is 5.82 Å².